The highest BCUT2D eigenvalue weighted by atomic mass is 79.9. The molecule has 0 heterocycles. The summed E-state index contributed by atoms with van der Waals surface area (Å²) in [6.07, 6.45) is 5.45. The lowest BCUT2D eigenvalue weighted by atomic mass is 9.87. The van der Waals surface area contributed by atoms with Crippen LogP contribution in [0, 0.1) is 0 Å². The van der Waals surface area contributed by atoms with Gasteiger partial charge in [-0.1, -0.05) is 58.2 Å². The van der Waals surface area contributed by atoms with Gasteiger partial charge in [0.15, 0.2) is 6.61 Å². The van der Waals surface area contributed by atoms with Gasteiger partial charge >= 0.3 is 0 Å². The summed E-state index contributed by atoms with van der Waals surface area (Å²) in [7, 11) is 1.61. The quantitative estimate of drug-likeness (QED) is 0.409. The fourth-order valence-electron chi connectivity index (χ4n) is 4.43. The Morgan fingerprint density at radius 2 is 1.83 bits per heavy atom. The minimum atomic E-state index is -0.638. The number of nitrogens with one attached hydrogen (secondary N) is 1. The molecule has 0 radical (unpaired) electrons. The van der Waals surface area contributed by atoms with Gasteiger partial charge in [-0.15, -0.1) is 0 Å². The number of methoxy groups -OCH3 is 1. The first-order valence-electron chi connectivity index (χ1n) is 12.7. The lowest BCUT2D eigenvalue weighted by Gasteiger charge is -2.31. The average Bonchev–Trinajstić information content (AvgIpc) is 2.86. The van der Waals surface area contributed by atoms with Crippen LogP contribution in [0.3, 0.4) is 0 Å². The van der Waals surface area contributed by atoms with Gasteiger partial charge in [0, 0.05) is 12.6 Å². The van der Waals surface area contributed by atoms with Crippen LogP contribution >= 0.6 is 15.9 Å². The summed E-state index contributed by atoms with van der Waals surface area (Å²) in [6, 6.07) is 13.0. The Kier molecular flexibility index (Phi) is 9.83. The first-order chi connectivity index (χ1) is 17.1. The van der Waals surface area contributed by atoms with Crippen molar-refractivity contribution in [1.82, 2.24) is 10.2 Å². The Balaban J connectivity index is 1.75. The first kappa shape index (κ1) is 28.0. The first-order valence-corrected chi connectivity index (χ1v) is 13.5. The standard InChI is InChI=1S/C29H39BrN2O4/c1-20(28(34)31-23-11-7-6-8-12-23)32(18-21-10-9-13-24(16-21)35-5)27(33)19-36-26-15-14-22(17-25(26)30)29(2,3)4/h9-10,13-17,20,23H,6-8,11-12,18-19H2,1-5H3,(H,31,34)/t20-/m1/s1. The third-order valence-electron chi connectivity index (χ3n) is 6.75. The molecule has 1 aliphatic carbocycles. The summed E-state index contributed by atoms with van der Waals surface area (Å²) in [4.78, 5) is 28.2. The molecular weight excluding hydrogens is 520 g/mol. The van der Waals surface area contributed by atoms with E-state index in [1.165, 1.54) is 12.0 Å². The van der Waals surface area contributed by atoms with Crippen molar-refractivity contribution in [3.8, 4) is 11.5 Å². The Bertz CT molecular complexity index is 1040. The molecule has 196 valence electrons. The van der Waals surface area contributed by atoms with Crippen LogP contribution in [0.25, 0.3) is 0 Å². The van der Waals surface area contributed by atoms with Crippen molar-refractivity contribution < 1.29 is 19.1 Å². The van der Waals surface area contributed by atoms with E-state index in [1.54, 1.807) is 18.9 Å². The van der Waals surface area contributed by atoms with Crippen LogP contribution < -0.4 is 14.8 Å². The predicted octanol–water partition coefficient (Wildman–Crippen LogP) is 6.00. The number of hydrogen-bond acceptors (Lipinski definition) is 4. The summed E-state index contributed by atoms with van der Waals surface area (Å²) in [5, 5.41) is 3.16. The molecule has 0 aromatic heterocycles. The van der Waals surface area contributed by atoms with Crippen molar-refractivity contribution in [3.05, 3.63) is 58.1 Å². The number of benzene rings is 2. The van der Waals surface area contributed by atoms with Crippen LogP contribution in [-0.2, 0) is 21.5 Å². The second kappa shape index (κ2) is 12.6. The molecule has 0 unspecified atom stereocenters. The molecule has 2 amide bonds. The molecule has 2 aromatic carbocycles. The summed E-state index contributed by atoms with van der Waals surface area (Å²) in [5.41, 5.74) is 2.06. The van der Waals surface area contributed by atoms with Gasteiger partial charge in [0.2, 0.25) is 5.91 Å². The SMILES string of the molecule is COc1cccc(CN(C(=O)COc2ccc(C(C)(C)C)cc2Br)[C@H](C)C(=O)NC2CCCCC2)c1. The maximum absolute atomic E-state index is 13.4. The van der Waals surface area contributed by atoms with E-state index in [4.69, 9.17) is 9.47 Å². The Hall–Kier alpha value is -2.54. The summed E-state index contributed by atoms with van der Waals surface area (Å²) < 4.78 is 12.1. The van der Waals surface area contributed by atoms with E-state index in [1.807, 2.05) is 42.5 Å². The molecular formula is C29H39BrN2O4. The lowest BCUT2D eigenvalue weighted by molar-refractivity contribution is -0.142. The highest BCUT2D eigenvalue weighted by Gasteiger charge is 2.28. The molecule has 0 spiro atoms. The van der Waals surface area contributed by atoms with Gasteiger partial charge in [0.05, 0.1) is 11.6 Å². The second-order valence-electron chi connectivity index (χ2n) is 10.6. The van der Waals surface area contributed by atoms with Gasteiger partial charge in [-0.3, -0.25) is 9.59 Å². The number of carbonyl (C=O) groups excluding carboxylic acids is 2. The topological polar surface area (TPSA) is 67.9 Å². The summed E-state index contributed by atoms with van der Waals surface area (Å²) in [5.74, 6) is 0.917. The van der Waals surface area contributed by atoms with Crippen molar-refractivity contribution >= 4 is 27.7 Å². The smallest absolute Gasteiger partial charge is 0.261 e. The van der Waals surface area contributed by atoms with Gasteiger partial charge in [-0.25, -0.2) is 0 Å². The molecule has 0 bridgehead atoms. The van der Waals surface area contributed by atoms with Crippen LogP contribution in [0.2, 0.25) is 0 Å². The van der Waals surface area contributed by atoms with Crippen molar-refractivity contribution in [3.63, 3.8) is 0 Å². The van der Waals surface area contributed by atoms with E-state index in [0.29, 0.717) is 11.5 Å². The molecule has 1 saturated carbocycles. The molecule has 1 fully saturated rings. The summed E-state index contributed by atoms with van der Waals surface area (Å²) >= 11 is 3.58. The van der Waals surface area contributed by atoms with Crippen molar-refractivity contribution in [2.75, 3.05) is 13.7 Å². The minimum Gasteiger partial charge on any atom is -0.497 e. The Morgan fingerprint density at radius 1 is 1.11 bits per heavy atom. The molecule has 1 atom stereocenters. The van der Waals surface area contributed by atoms with Crippen LogP contribution in [-0.4, -0.2) is 42.5 Å². The molecule has 1 aliphatic rings. The minimum absolute atomic E-state index is 0.00549. The van der Waals surface area contributed by atoms with Crippen LogP contribution in [0.15, 0.2) is 46.9 Å². The lowest BCUT2D eigenvalue weighted by Crippen LogP contribution is -2.51. The highest BCUT2D eigenvalue weighted by molar-refractivity contribution is 9.10. The van der Waals surface area contributed by atoms with Crippen LogP contribution in [0.1, 0.15) is 70.9 Å². The van der Waals surface area contributed by atoms with E-state index < -0.39 is 6.04 Å². The van der Waals surface area contributed by atoms with E-state index in [9.17, 15) is 9.59 Å². The maximum Gasteiger partial charge on any atom is 0.261 e. The molecule has 36 heavy (non-hydrogen) atoms. The van der Waals surface area contributed by atoms with E-state index in [2.05, 4.69) is 42.0 Å². The number of carbonyl (C=O) groups is 2. The predicted molar refractivity (Wildman–Crippen MR) is 146 cm³/mol. The van der Waals surface area contributed by atoms with Gasteiger partial charge in [0.25, 0.3) is 5.91 Å². The van der Waals surface area contributed by atoms with Crippen molar-refractivity contribution in [2.24, 2.45) is 0 Å². The zero-order chi connectivity index (χ0) is 26.3. The van der Waals surface area contributed by atoms with Gasteiger partial charge in [-0.2, -0.15) is 0 Å². The normalized spacial score (nSPS) is 15.2. The van der Waals surface area contributed by atoms with E-state index in [0.717, 1.165) is 35.7 Å². The number of ether oxygens (including phenoxy) is 2. The number of nitrogens with zero attached hydrogens (tertiary/aromatic N) is 1. The molecule has 3 rings (SSSR count). The maximum atomic E-state index is 13.4. The zero-order valence-electron chi connectivity index (χ0n) is 22.1. The van der Waals surface area contributed by atoms with E-state index in [-0.39, 0.29) is 36.4 Å². The molecule has 0 aliphatic heterocycles. The van der Waals surface area contributed by atoms with Crippen LogP contribution in [0.4, 0.5) is 0 Å². The molecule has 0 saturated heterocycles. The molecule has 1 N–H and O–H groups in total. The van der Waals surface area contributed by atoms with E-state index >= 15 is 0 Å². The largest absolute Gasteiger partial charge is 0.497 e. The monoisotopic (exact) mass is 558 g/mol. The summed E-state index contributed by atoms with van der Waals surface area (Å²) in [6.45, 7) is 8.34. The third kappa shape index (κ3) is 7.73. The number of halogens is 1. The number of amides is 2. The second-order valence-corrected chi connectivity index (χ2v) is 11.4. The number of hydrogen-bond donors (Lipinski definition) is 1. The van der Waals surface area contributed by atoms with Gasteiger partial charge in [0.1, 0.15) is 17.5 Å². The Morgan fingerprint density at radius 3 is 2.47 bits per heavy atom. The molecule has 2 aromatic rings. The van der Waals surface area contributed by atoms with Crippen molar-refractivity contribution in [1.29, 1.82) is 0 Å². The van der Waals surface area contributed by atoms with Crippen molar-refractivity contribution in [2.45, 2.75) is 83.8 Å². The highest BCUT2D eigenvalue weighted by Crippen LogP contribution is 2.31. The van der Waals surface area contributed by atoms with Gasteiger partial charge in [-0.05, 0) is 76.5 Å². The molecule has 6 nitrogen and oxygen atoms in total. The third-order valence-corrected chi connectivity index (χ3v) is 7.37. The Labute approximate surface area is 223 Å². The number of rotatable bonds is 9. The molecule has 7 heteroatoms. The fraction of sp³-hybridized carbons (Fsp3) is 0.517. The zero-order valence-corrected chi connectivity index (χ0v) is 23.7. The average molecular weight is 560 g/mol. The fourth-order valence-corrected chi connectivity index (χ4v) is 4.92. The van der Waals surface area contributed by atoms with Crippen LogP contribution in [0.5, 0.6) is 11.5 Å². The van der Waals surface area contributed by atoms with Gasteiger partial charge < -0.3 is 19.7 Å².